The van der Waals surface area contributed by atoms with Gasteiger partial charge in [-0.3, -0.25) is 4.79 Å². The summed E-state index contributed by atoms with van der Waals surface area (Å²) in [4.78, 5) is 16.6. The molecule has 1 aromatic heterocycles. The fourth-order valence-corrected chi connectivity index (χ4v) is 2.80. The number of aromatic nitrogens is 2. The van der Waals surface area contributed by atoms with Crippen LogP contribution in [0.3, 0.4) is 0 Å². The second-order valence-electron chi connectivity index (χ2n) is 5.50. The highest BCUT2D eigenvalue weighted by molar-refractivity contribution is 5.79. The van der Waals surface area contributed by atoms with Crippen LogP contribution in [0.1, 0.15) is 18.3 Å². The van der Waals surface area contributed by atoms with Crippen molar-refractivity contribution in [3.8, 4) is 5.75 Å². The fraction of sp³-hybridized carbons (Fsp3) is 0.412. The SMILES string of the molecule is CCc1nccn1CCNC(=O)[C@@H]1COc2ccccc2C1. The average molecular weight is 299 g/mol. The van der Waals surface area contributed by atoms with Crippen molar-refractivity contribution in [2.75, 3.05) is 13.2 Å². The van der Waals surface area contributed by atoms with Gasteiger partial charge in [0.15, 0.2) is 0 Å². The topological polar surface area (TPSA) is 56.2 Å². The monoisotopic (exact) mass is 299 g/mol. The molecule has 0 saturated heterocycles. The largest absolute Gasteiger partial charge is 0.492 e. The Bertz CT molecular complexity index is 651. The molecular weight excluding hydrogens is 278 g/mol. The number of para-hydroxylation sites is 1. The Labute approximate surface area is 130 Å². The van der Waals surface area contributed by atoms with Crippen LogP contribution in [0.4, 0.5) is 0 Å². The van der Waals surface area contributed by atoms with Gasteiger partial charge in [0.2, 0.25) is 5.91 Å². The summed E-state index contributed by atoms with van der Waals surface area (Å²) in [5.74, 6) is 1.90. The average Bonchev–Trinajstić information content (AvgIpc) is 3.01. The van der Waals surface area contributed by atoms with Gasteiger partial charge in [0.05, 0.1) is 5.92 Å². The van der Waals surface area contributed by atoms with Gasteiger partial charge in [-0.15, -0.1) is 0 Å². The molecule has 0 radical (unpaired) electrons. The number of carbonyl (C=O) groups excluding carboxylic acids is 1. The molecule has 0 spiro atoms. The van der Waals surface area contributed by atoms with E-state index in [-0.39, 0.29) is 11.8 Å². The highest BCUT2D eigenvalue weighted by atomic mass is 16.5. The summed E-state index contributed by atoms with van der Waals surface area (Å²) < 4.78 is 7.75. The van der Waals surface area contributed by atoms with E-state index in [0.29, 0.717) is 13.2 Å². The number of hydrogen-bond acceptors (Lipinski definition) is 3. The van der Waals surface area contributed by atoms with E-state index in [1.165, 1.54) is 0 Å². The van der Waals surface area contributed by atoms with Crippen molar-refractivity contribution in [2.24, 2.45) is 5.92 Å². The first kappa shape index (κ1) is 14.6. The van der Waals surface area contributed by atoms with E-state index in [1.54, 1.807) is 6.20 Å². The second kappa shape index (κ2) is 6.64. The number of hydrogen-bond donors (Lipinski definition) is 1. The molecule has 0 fully saturated rings. The van der Waals surface area contributed by atoms with E-state index in [2.05, 4.69) is 21.8 Å². The van der Waals surface area contributed by atoms with E-state index in [1.807, 2.05) is 30.5 Å². The van der Waals surface area contributed by atoms with Crippen molar-refractivity contribution in [3.63, 3.8) is 0 Å². The molecule has 2 heterocycles. The molecule has 3 rings (SSSR count). The third-order valence-electron chi connectivity index (χ3n) is 4.02. The normalized spacial score (nSPS) is 16.7. The summed E-state index contributed by atoms with van der Waals surface area (Å²) in [7, 11) is 0. The molecule has 1 N–H and O–H groups in total. The minimum absolute atomic E-state index is 0.0627. The lowest BCUT2D eigenvalue weighted by Crippen LogP contribution is -2.38. The third-order valence-corrected chi connectivity index (χ3v) is 4.02. The van der Waals surface area contributed by atoms with Crippen molar-refractivity contribution < 1.29 is 9.53 Å². The Morgan fingerprint density at radius 1 is 1.45 bits per heavy atom. The van der Waals surface area contributed by atoms with Gasteiger partial charge >= 0.3 is 0 Å². The molecule has 116 valence electrons. The lowest BCUT2D eigenvalue weighted by Gasteiger charge is -2.24. The number of ether oxygens (including phenoxy) is 1. The van der Waals surface area contributed by atoms with Gasteiger partial charge in [0.1, 0.15) is 18.2 Å². The van der Waals surface area contributed by atoms with E-state index in [9.17, 15) is 4.79 Å². The van der Waals surface area contributed by atoms with E-state index in [0.717, 1.165) is 36.5 Å². The maximum atomic E-state index is 12.3. The van der Waals surface area contributed by atoms with Crippen molar-refractivity contribution in [1.82, 2.24) is 14.9 Å². The first-order valence-corrected chi connectivity index (χ1v) is 7.76. The third kappa shape index (κ3) is 3.13. The first-order chi connectivity index (χ1) is 10.8. The van der Waals surface area contributed by atoms with Crippen LogP contribution in [0.25, 0.3) is 0 Å². The molecular formula is C17H21N3O2. The number of nitrogens with zero attached hydrogens (tertiary/aromatic N) is 2. The lowest BCUT2D eigenvalue weighted by atomic mass is 9.96. The first-order valence-electron chi connectivity index (χ1n) is 7.76. The van der Waals surface area contributed by atoms with Gasteiger partial charge in [0.25, 0.3) is 0 Å². The van der Waals surface area contributed by atoms with E-state index >= 15 is 0 Å². The molecule has 5 nitrogen and oxygen atoms in total. The molecule has 1 aromatic carbocycles. The standard InChI is InChI=1S/C17H21N3O2/c1-2-16-18-7-9-20(16)10-8-19-17(21)14-11-13-5-3-4-6-15(13)22-12-14/h3-7,9,14H,2,8,10-12H2,1H3,(H,19,21)/t14-/m0/s1. The molecule has 1 aliphatic rings. The van der Waals surface area contributed by atoms with Crippen LogP contribution in [0.5, 0.6) is 5.75 Å². The van der Waals surface area contributed by atoms with Crippen molar-refractivity contribution in [2.45, 2.75) is 26.3 Å². The maximum absolute atomic E-state index is 12.3. The molecule has 5 heteroatoms. The van der Waals surface area contributed by atoms with Crippen molar-refractivity contribution in [1.29, 1.82) is 0 Å². The van der Waals surface area contributed by atoms with E-state index < -0.39 is 0 Å². The molecule has 1 amide bonds. The zero-order valence-corrected chi connectivity index (χ0v) is 12.8. The molecule has 0 aliphatic carbocycles. The molecule has 0 unspecified atom stereocenters. The van der Waals surface area contributed by atoms with Gasteiger partial charge in [-0.05, 0) is 18.1 Å². The molecule has 22 heavy (non-hydrogen) atoms. The summed E-state index contributed by atoms with van der Waals surface area (Å²) in [6.45, 7) is 3.89. The Kier molecular flexibility index (Phi) is 4.42. The fourth-order valence-electron chi connectivity index (χ4n) is 2.80. The van der Waals surface area contributed by atoms with Crippen molar-refractivity contribution in [3.05, 3.63) is 48.0 Å². The van der Waals surface area contributed by atoms with Crippen LogP contribution in [-0.2, 0) is 24.2 Å². The number of rotatable bonds is 5. The second-order valence-corrected chi connectivity index (χ2v) is 5.50. The number of fused-ring (bicyclic) bond motifs is 1. The van der Waals surface area contributed by atoms with Crippen LogP contribution in [-0.4, -0.2) is 28.6 Å². The maximum Gasteiger partial charge on any atom is 0.226 e. The van der Waals surface area contributed by atoms with Crippen LogP contribution >= 0.6 is 0 Å². The predicted octanol–water partition coefficient (Wildman–Crippen LogP) is 1.81. The van der Waals surface area contributed by atoms with Crippen LogP contribution in [0.15, 0.2) is 36.7 Å². The minimum Gasteiger partial charge on any atom is -0.492 e. The number of aryl methyl sites for hydroxylation is 1. The smallest absolute Gasteiger partial charge is 0.226 e. The van der Waals surface area contributed by atoms with Crippen LogP contribution in [0, 0.1) is 5.92 Å². The molecule has 0 saturated carbocycles. The zero-order valence-electron chi connectivity index (χ0n) is 12.8. The summed E-state index contributed by atoms with van der Waals surface area (Å²) in [6.07, 6.45) is 5.39. The quantitative estimate of drug-likeness (QED) is 0.916. The molecule has 1 atom stereocenters. The van der Waals surface area contributed by atoms with Crippen LogP contribution in [0.2, 0.25) is 0 Å². The van der Waals surface area contributed by atoms with Gasteiger partial charge in [0, 0.05) is 31.9 Å². The van der Waals surface area contributed by atoms with Crippen molar-refractivity contribution >= 4 is 5.91 Å². The highest BCUT2D eigenvalue weighted by Crippen LogP contribution is 2.26. The number of amides is 1. The molecule has 1 aliphatic heterocycles. The molecule has 0 bridgehead atoms. The lowest BCUT2D eigenvalue weighted by molar-refractivity contribution is -0.126. The Hall–Kier alpha value is -2.30. The van der Waals surface area contributed by atoms with E-state index in [4.69, 9.17) is 4.74 Å². The van der Waals surface area contributed by atoms with Gasteiger partial charge in [-0.25, -0.2) is 4.98 Å². The summed E-state index contributed by atoms with van der Waals surface area (Å²) in [5, 5.41) is 3.01. The summed E-state index contributed by atoms with van der Waals surface area (Å²) in [5.41, 5.74) is 1.11. The Balaban J connectivity index is 1.51. The summed E-state index contributed by atoms with van der Waals surface area (Å²) >= 11 is 0. The van der Waals surface area contributed by atoms with Crippen LogP contribution < -0.4 is 10.1 Å². The number of imidazole rings is 1. The zero-order chi connectivity index (χ0) is 15.4. The molecule has 2 aromatic rings. The highest BCUT2D eigenvalue weighted by Gasteiger charge is 2.25. The summed E-state index contributed by atoms with van der Waals surface area (Å²) in [6, 6.07) is 7.91. The Morgan fingerprint density at radius 2 is 2.32 bits per heavy atom. The number of carbonyl (C=O) groups is 1. The number of nitrogens with one attached hydrogen (secondary N) is 1. The minimum atomic E-state index is -0.108. The predicted molar refractivity (Wildman–Crippen MR) is 83.7 cm³/mol. The van der Waals surface area contributed by atoms with Gasteiger partial charge in [-0.1, -0.05) is 25.1 Å². The Morgan fingerprint density at radius 3 is 3.18 bits per heavy atom. The van der Waals surface area contributed by atoms with Gasteiger partial charge < -0.3 is 14.6 Å². The van der Waals surface area contributed by atoms with Gasteiger partial charge in [-0.2, -0.15) is 0 Å². The number of benzene rings is 1.